The number of aliphatic hydroxyl groups excluding tert-OH is 2. The Balaban J connectivity index is 1.34. The Bertz CT molecular complexity index is 1040. The van der Waals surface area contributed by atoms with Gasteiger partial charge in [0, 0.05) is 19.6 Å². The number of alkyl halides is 1. The monoisotopic (exact) mass is 495 g/mol. The molecule has 1 unspecified atom stereocenters. The summed E-state index contributed by atoms with van der Waals surface area (Å²) in [5.74, 6) is 0.986. The van der Waals surface area contributed by atoms with Crippen LogP contribution in [0.25, 0.3) is 11.1 Å². The smallest absolute Gasteiger partial charge is 0.137 e. The van der Waals surface area contributed by atoms with E-state index in [1.807, 2.05) is 47.4 Å². The highest BCUT2D eigenvalue weighted by molar-refractivity contribution is 5.67. The molecule has 2 fully saturated rings. The molecule has 2 atom stereocenters. The summed E-state index contributed by atoms with van der Waals surface area (Å²) in [6, 6.07) is 15.6. The number of aliphatic hydroxyl groups is 2. The molecule has 0 aliphatic carbocycles. The van der Waals surface area contributed by atoms with E-state index >= 15 is 0 Å². The number of nitrogens with zero attached hydrogens (tertiary/aromatic N) is 3. The Morgan fingerprint density at radius 3 is 2.42 bits per heavy atom. The number of halogens is 1. The van der Waals surface area contributed by atoms with E-state index < -0.39 is 11.9 Å². The van der Waals surface area contributed by atoms with Crippen molar-refractivity contribution in [3.8, 4) is 22.9 Å². The molecule has 0 radical (unpaired) electrons. The number of hydrogen-bond acceptors (Lipinski definition) is 6. The highest BCUT2D eigenvalue weighted by Gasteiger charge is 2.26. The van der Waals surface area contributed by atoms with E-state index in [2.05, 4.69) is 11.0 Å². The lowest BCUT2D eigenvalue weighted by molar-refractivity contribution is -0.0455. The van der Waals surface area contributed by atoms with Crippen molar-refractivity contribution in [3.63, 3.8) is 0 Å². The quantitative estimate of drug-likeness (QED) is 0.561. The summed E-state index contributed by atoms with van der Waals surface area (Å²) in [6.45, 7) is 7.24. The fourth-order valence-electron chi connectivity index (χ4n) is 5.24. The molecule has 4 rings (SSSR count). The first-order chi connectivity index (χ1) is 17.2. The van der Waals surface area contributed by atoms with Crippen molar-refractivity contribution in [3.05, 3.63) is 53.6 Å². The van der Waals surface area contributed by atoms with Crippen LogP contribution < -0.4 is 4.74 Å². The Hall–Kier alpha value is -2.50. The van der Waals surface area contributed by atoms with Crippen molar-refractivity contribution < 1.29 is 19.3 Å². The molecule has 0 bridgehead atoms. The fraction of sp³-hybridized carbons (Fsp3) is 0.552. The zero-order chi connectivity index (χ0) is 25.7. The molecule has 36 heavy (non-hydrogen) atoms. The first-order valence-corrected chi connectivity index (χ1v) is 13.0. The summed E-state index contributed by atoms with van der Waals surface area (Å²) in [6.07, 6.45) is 2.45. The van der Waals surface area contributed by atoms with Crippen LogP contribution in [0.3, 0.4) is 0 Å². The van der Waals surface area contributed by atoms with E-state index in [9.17, 15) is 19.9 Å². The number of nitriles is 1. The third-order valence-electron chi connectivity index (χ3n) is 7.20. The van der Waals surface area contributed by atoms with Gasteiger partial charge in [0.1, 0.15) is 23.7 Å². The standard InChI is InChI=1S/C29H38FN3O3/c1-29(2,30)20-32-14-11-21(12-15-32)19-36-27-10-9-24(16-25(27)17-31)22-5-7-23(8-6-22)28(35)33-13-3-4-26(34)18-33/h5-10,16,21,26,28,34-35H,3-4,11-15,18-20H2,1-2H3/t26-,28?/m0/s1. The van der Waals surface area contributed by atoms with E-state index in [-0.39, 0.29) is 6.10 Å². The maximum Gasteiger partial charge on any atom is 0.137 e. The predicted molar refractivity (Wildman–Crippen MR) is 138 cm³/mol. The van der Waals surface area contributed by atoms with Crippen LogP contribution in [-0.2, 0) is 0 Å². The minimum absolute atomic E-state index is 0.389. The van der Waals surface area contributed by atoms with Crippen molar-refractivity contribution in [1.82, 2.24) is 9.80 Å². The van der Waals surface area contributed by atoms with E-state index in [0.29, 0.717) is 36.9 Å². The Kier molecular flexibility index (Phi) is 8.63. The molecule has 2 aromatic rings. The van der Waals surface area contributed by atoms with Crippen molar-refractivity contribution in [2.75, 3.05) is 39.3 Å². The largest absolute Gasteiger partial charge is 0.492 e. The summed E-state index contributed by atoms with van der Waals surface area (Å²) in [5, 5.41) is 30.3. The number of piperidine rings is 2. The van der Waals surface area contributed by atoms with Gasteiger partial charge >= 0.3 is 0 Å². The van der Waals surface area contributed by atoms with Crippen molar-refractivity contribution >= 4 is 0 Å². The number of ether oxygens (including phenoxy) is 1. The molecule has 194 valence electrons. The van der Waals surface area contributed by atoms with E-state index in [1.54, 1.807) is 13.8 Å². The summed E-state index contributed by atoms with van der Waals surface area (Å²) >= 11 is 0. The van der Waals surface area contributed by atoms with Gasteiger partial charge in [0.25, 0.3) is 0 Å². The second kappa shape index (κ2) is 11.7. The Morgan fingerprint density at radius 1 is 1.08 bits per heavy atom. The molecule has 2 aliphatic rings. The second-order valence-electron chi connectivity index (χ2n) is 10.9. The molecule has 2 heterocycles. The van der Waals surface area contributed by atoms with Gasteiger partial charge < -0.3 is 19.8 Å². The molecule has 2 N–H and O–H groups in total. The summed E-state index contributed by atoms with van der Waals surface area (Å²) < 4.78 is 20.0. The molecule has 2 aliphatic heterocycles. The van der Waals surface area contributed by atoms with Crippen molar-refractivity contribution in [2.24, 2.45) is 5.92 Å². The van der Waals surface area contributed by atoms with E-state index in [0.717, 1.165) is 62.0 Å². The van der Waals surface area contributed by atoms with Gasteiger partial charge in [0.15, 0.2) is 0 Å². The number of β-amino-alcohol motifs (C(OH)–C–C–N with tert-alkyl or cyclic N) is 1. The zero-order valence-corrected chi connectivity index (χ0v) is 21.4. The molecule has 7 heteroatoms. The lowest BCUT2D eigenvalue weighted by Gasteiger charge is -2.34. The molecule has 0 spiro atoms. The Labute approximate surface area is 213 Å². The highest BCUT2D eigenvalue weighted by atomic mass is 19.1. The maximum absolute atomic E-state index is 13.9. The van der Waals surface area contributed by atoms with Crippen molar-refractivity contribution in [1.29, 1.82) is 5.26 Å². The van der Waals surface area contributed by atoms with Crippen LogP contribution in [0.2, 0.25) is 0 Å². The number of rotatable bonds is 8. The molecule has 0 amide bonds. The third kappa shape index (κ3) is 7.04. The average molecular weight is 496 g/mol. The third-order valence-corrected chi connectivity index (χ3v) is 7.20. The zero-order valence-electron chi connectivity index (χ0n) is 21.4. The SMILES string of the molecule is CC(C)(F)CN1CCC(COc2ccc(-c3ccc(C(O)N4CCC[C@H](O)C4)cc3)cc2C#N)CC1. The lowest BCUT2D eigenvalue weighted by atomic mass is 9.96. The highest BCUT2D eigenvalue weighted by Crippen LogP contribution is 2.30. The summed E-state index contributed by atoms with van der Waals surface area (Å²) in [7, 11) is 0. The minimum Gasteiger partial charge on any atom is -0.492 e. The van der Waals surface area contributed by atoms with Crippen LogP contribution in [-0.4, -0.2) is 71.1 Å². The molecule has 0 aromatic heterocycles. The molecule has 0 saturated carbocycles. The molecular formula is C29H38FN3O3. The van der Waals surface area contributed by atoms with Crippen molar-refractivity contribution in [2.45, 2.75) is 57.5 Å². The van der Waals surface area contributed by atoms with Gasteiger partial charge in [0.05, 0.1) is 18.3 Å². The normalized spacial score (nSPS) is 21.2. The van der Waals surface area contributed by atoms with Crippen LogP contribution in [0, 0.1) is 17.2 Å². The van der Waals surface area contributed by atoms with Crippen LogP contribution in [0.4, 0.5) is 4.39 Å². The number of benzene rings is 2. The van der Waals surface area contributed by atoms with Gasteiger partial charge in [-0.1, -0.05) is 30.3 Å². The summed E-state index contributed by atoms with van der Waals surface area (Å²) in [4.78, 5) is 4.07. The molecule has 2 saturated heterocycles. The van der Waals surface area contributed by atoms with Crippen LogP contribution >= 0.6 is 0 Å². The lowest BCUT2D eigenvalue weighted by Crippen LogP contribution is -2.41. The van der Waals surface area contributed by atoms with E-state index in [1.165, 1.54) is 0 Å². The minimum atomic E-state index is -1.18. The second-order valence-corrected chi connectivity index (χ2v) is 10.9. The van der Waals surface area contributed by atoms with Crippen LogP contribution in [0.5, 0.6) is 5.75 Å². The van der Waals surface area contributed by atoms with Gasteiger partial charge in [-0.25, -0.2) is 4.39 Å². The van der Waals surface area contributed by atoms with Gasteiger partial charge in [-0.2, -0.15) is 5.26 Å². The fourth-order valence-corrected chi connectivity index (χ4v) is 5.24. The maximum atomic E-state index is 13.9. The summed E-state index contributed by atoms with van der Waals surface area (Å²) in [5.41, 5.74) is 1.97. The van der Waals surface area contributed by atoms with Crippen LogP contribution in [0.1, 0.15) is 56.9 Å². The van der Waals surface area contributed by atoms with Gasteiger partial charge in [-0.3, -0.25) is 4.90 Å². The van der Waals surface area contributed by atoms with E-state index in [4.69, 9.17) is 4.74 Å². The predicted octanol–water partition coefficient (Wildman–Crippen LogP) is 4.51. The molecular weight excluding hydrogens is 457 g/mol. The number of likely N-dealkylation sites (tertiary alicyclic amines) is 2. The topological polar surface area (TPSA) is 80.0 Å². The average Bonchev–Trinajstić information content (AvgIpc) is 2.87. The van der Waals surface area contributed by atoms with Gasteiger partial charge in [-0.05, 0) is 87.4 Å². The van der Waals surface area contributed by atoms with Gasteiger partial charge in [-0.15, -0.1) is 0 Å². The molecule has 6 nitrogen and oxygen atoms in total. The number of hydrogen-bond donors (Lipinski definition) is 2. The molecule has 2 aromatic carbocycles. The van der Waals surface area contributed by atoms with Crippen LogP contribution in [0.15, 0.2) is 42.5 Å². The first kappa shape index (κ1) is 26.6. The first-order valence-electron chi connectivity index (χ1n) is 13.0. The van der Waals surface area contributed by atoms with Gasteiger partial charge in [0.2, 0.25) is 0 Å². The Morgan fingerprint density at radius 2 is 1.78 bits per heavy atom.